The highest BCUT2D eigenvalue weighted by Crippen LogP contribution is 2.37. The summed E-state index contributed by atoms with van der Waals surface area (Å²) in [7, 11) is 1.29. The summed E-state index contributed by atoms with van der Waals surface area (Å²) >= 11 is 6.07. The molecule has 1 heterocycles. The Morgan fingerprint density at radius 3 is 2.76 bits per heavy atom. The molecule has 1 aromatic heterocycles. The smallest absolute Gasteiger partial charge is 0.340 e. The first-order chi connectivity index (χ1) is 10.1. The predicted octanol–water partition coefficient (Wildman–Crippen LogP) is 3.64. The van der Waals surface area contributed by atoms with Gasteiger partial charge in [-0.05, 0) is 24.3 Å². The molecule has 0 amide bonds. The molecule has 0 atom stereocenters. The second-order valence-corrected chi connectivity index (χ2v) is 4.70. The number of aromatic nitrogens is 1. The van der Waals surface area contributed by atoms with Crippen molar-refractivity contribution in [3.63, 3.8) is 0 Å². The number of esters is 1. The van der Waals surface area contributed by atoms with Crippen LogP contribution in [0.25, 0.3) is 22.6 Å². The van der Waals surface area contributed by atoms with E-state index in [0.29, 0.717) is 16.1 Å². The number of nitrogens with zero attached hydrogens (tertiary/aromatic N) is 1. The molecule has 21 heavy (non-hydrogen) atoms. The van der Waals surface area contributed by atoms with Crippen molar-refractivity contribution in [1.29, 1.82) is 0 Å². The summed E-state index contributed by atoms with van der Waals surface area (Å²) < 4.78 is 10.3. The SMILES string of the molecule is COC(=O)c1cccc2oc(-c3c(O)cccc3Cl)nc12. The zero-order valence-electron chi connectivity index (χ0n) is 11.0. The van der Waals surface area contributed by atoms with Crippen LogP contribution in [-0.2, 0) is 4.74 Å². The van der Waals surface area contributed by atoms with Gasteiger partial charge in [0.05, 0.1) is 23.3 Å². The fourth-order valence-electron chi connectivity index (χ4n) is 2.05. The van der Waals surface area contributed by atoms with E-state index in [1.807, 2.05) is 0 Å². The average molecular weight is 304 g/mol. The number of benzene rings is 2. The van der Waals surface area contributed by atoms with Gasteiger partial charge < -0.3 is 14.3 Å². The molecule has 2 aromatic carbocycles. The molecular weight excluding hydrogens is 294 g/mol. The number of aromatic hydroxyl groups is 1. The van der Waals surface area contributed by atoms with Crippen LogP contribution in [0.2, 0.25) is 5.02 Å². The van der Waals surface area contributed by atoms with Gasteiger partial charge in [-0.1, -0.05) is 23.7 Å². The van der Waals surface area contributed by atoms with Gasteiger partial charge in [-0.3, -0.25) is 0 Å². The minimum atomic E-state index is -0.510. The van der Waals surface area contributed by atoms with E-state index in [-0.39, 0.29) is 22.8 Å². The van der Waals surface area contributed by atoms with Crippen molar-refractivity contribution in [1.82, 2.24) is 4.98 Å². The highest BCUT2D eigenvalue weighted by molar-refractivity contribution is 6.33. The molecule has 0 aliphatic rings. The number of carbonyl (C=O) groups excluding carboxylic acids is 1. The Bertz CT molecular complexity index is 821. The van der Waals surface area contributed by atoms with Gasteiger partial charge in [0.1, 0.15) is 11.3 Å². The van der Waals surface area contributed by atoms with Crippen LogP contribution in [0, 0.1) is 0 Å². The van der Waals surface area contributed by atoms with Crippen LogP contribution in [0.15, 0.2) is 40.8 Å². The number of halogens is 1. The fraction of sp³-hybridized carbons (Fsp3) is 0.0667. The molecule has 0 saturated carbocycles. The number of oxazole rings is 1. The number of hydrogen-bond acceptors (Lipinski definition) is 5. The summed E-state index contributed by atoms with van der Waals surface area (Å²) in [5.41, 5.74) is 1.34. The Kier molecular flexibility index (Phi) is 3.27. The molecule has 0 unspecified atom stereocenters. The number of phenolic OH excluding ortho intramolecular Hbond substituents is 1. The number of carbonyl (C=O) groups is 1. The lowest BCUT2D eigenvalue weighted by Gasteiger charge is -2.01. The largest absolute Gasteiger partial charge is 0.507 e. The van der Waals surface area contributed by atoms with Gasteiger partial charge in [0.15, 0.2) is 5.58 Å². The third-order valence-electron chi connectivity index (χ3n) is 3.03. The zero-order valence-corrected chi connectivity index (χ0v) is 11.7. The van der Waals surface area contributed by atoms with Crippen LogP contribution in [0.5, 0.6) is 5.75 Å². The van der Waals surface area contributed by atoms with Gasteiger partial charge >= 0.3 is 5.97 Å². The molecule has 0 saturated heterocycles. The maximum Gasteiger partial charge on any atom is 0.340 e. The van der Waals surface area contributed by atoms with Crippen molar-refractivity contribution in [3.05, 3.63) is 47.0 Å². The Balaban J connectivity index is 2.25. The Labute approximate surface area is 124 Å². The van der Waals surface area contributed by atoms with Crippen LogP contribution in [0.4, 0.5) is 0 Å². The van der Waals surface area contributed by atoms with Crippen LogP contribution >= 0.6 is 11.6 Å². The molecule has 0 aliphatic carbocycles. The zero-order chi connectivity index (χ0) is 15.0. The van der Waals surface area contributed by atoms with Crippen LogP contribution < -0.4 is 0 Å². The van der Waals surface area contributed by atoms with Gasteiger partial charge in [0.2, 0.25) is 5.89 Å². The van der Waals surface area contributed by atoms with Gasteiger partial charge in [-0.15, -0.1) is 0 Å². The second-order valence-electron chi connectivity index (χ2n) is 4.30. The minimum Gasteiger partial charge on any atom is -0.507 e. The van der Waals surface area contributed by atoms with E-state index in [4.69, 9.17) is 20.8 Å². The molecule has 0 bridgehead atoms. The van der Waals surface area contributed by atoms with Crippen molar-refractivity contribution in [2.24, 2.45) is 0 Å². The lowest BCUT2D eigenvalue weighted by molar-refractivity contribution is 0.0602. The molecule has 106 valence electrons. The Morgan fingerprint density at radius 1 is 1.29 bits per heavy atom. The Hall–Kier alpha value is -2.53. The summed E-state index contributed by atoms with van der Waals surface area (Å²) in [4.78, 5) is 16.0. The highest BCUT2D eigenvalue weighted by atomic mass is 35.5. The molecular formula is C15H10ClNO4. The fourth-order valence-corrected chi connectivity index (χ4v) is 2.30. The summed E-state index contributed by atoms with van der Waals surface area (Å²) in [6, 6.07) is 9.64. The third kappa shape index (κ3) is 2.21. The molecule has 1 N–H and O–H groups in total. The topological polar surface area (TPSA) is 72.6 Å². The third-order valence-corrected chi connectivity index (χ3v) is 3.34. The molecule has 0 radical (unpaired) electrons. The molecule has 6 heteroatoms. The molecule has 0 aliphatic heterocycles. The van der Waals surface area contributed by atoms with Crippen molar-refractivity contribution in [2.45, 2.75) is 0 Å². The van der Waals surface area contributed by atoms with Gasteiger partial charge in [0, 0.05) is 0 Å². The normalized spacial score (nSPS) is 10.8. The van der Waals surface area contributed by atoms with E-state index in [2.05, 4.69) is 4.98 Å². The van der Waals surface area contributed by atoms with Crippen molar-refractivity contribution in [2.75, 3.05) is 7.11 Å². The molecule has 0 spiro atoms. The molecule has 5 nitrogen and oxygen atoms in total. The Morgan fingerprint density at radius 2 is 2.05 bits per heavy atom. The standard InChI is InChI=1S/C15H10ClNO4/c1-20-15(19)8-4-2-7-11-13(8)17-14(21-11)12-9(16)5-3-6-10(12)18/h2-7,18H,1H3. The first-order valence-electron chi connectivity index (χ1n) is 6.07. The van der Waals surface area contributed by atoms with E-state index in [0.717, 1.165) is 0 Å². The summed E-state index contributed by atoms with van der Waals surface area (Å²) in [5, 5.41) is 10.2. The number of fused-ring (bicyclic) bond motifs is 1. The summed E-state index contributed by atoms with van der Waals surface area (Å²) in [5.74, 6) is -0.415. The maximum atomic E-state index is 11.7. The van der Waals surface area contributed by atoms with Crippen LogP contribution in [0.3, 0.4) is 0 Å². The second kappa shape index (κ2) is 5.10. The molecule has 3 aromatic rings. The predicted molar refractivity (Wildman–Crippen MR) is 77.5 cm³/mol. The lowest BCUT2D eigenvalue weighted by atomic mass is 10.2. The number of hydrogen-bond donors (Lipinski definition) is 1. The number of ether oxygens (including phenoxy) is 1. The van der Waals surface area contributed by atoms with Crippen molar-refractivity contribution in [3.8, 4) is 17.2 Å². The summed E-state index contributed by atoms with van der Waals surface area (Å²) in [6.45, 7) is 0. The number of phenols is 1. The maximum absolute atomic E-state index is 11.7. The number of rotatable bonds is 2. The van der Waals surface area contributed by atoms with E-state index in [9.17, 15) is 9.90 Å². The molecule has 0 fully saturated rings. The van der Waals surface area contributed by atoms with Crippen LogP contribution in [-0.4, -0.2) is 23.2 Å². The van der Waals surface area contributed by atoms with Gasteiger partial charge in [-0.25, -0.2) is 9.78 Å². The van der Waals surface area contributed by atoms with Gasteiger partial charge in [-0.2, -0.15) is 0 Å². The minimum absolute atomic E-state index is 0.0475. The first kappa shape index (κ1) is 13.5. The van der Waals surface area contributed by atoms with E-state index in [1.54, 1.807) is 30.3 Å². The summed E-state index contributed by atoms with van der Waals surface area (Å²) in [6.07, 6.45) is 0. The quantitative estimate of drug-likeness (QED) is 0.732. The average Bonchev–Trinajstić information content (AvgIpc) is 2.89. The lowest BCUT2D eigenvalue weighted by Crippen LogP contribution is -2.01. The number of methoxy groups -OCH3 is 1. The van der Waals surface area contributed by atoms with E-state index < -0.39 is 5.97 Å². The number of para-hydroxylation sites is 1. The molecule has 3 rings (SSSR count). The first-order valence-corrected chi connectivity index (χ1v) is 6.45. The van der Waals surface area contributed by atoms with Gasteiger partial charge in [0.25, 0.3) is 0 Å². The van der Waals surface area contributed by atoms with E-state index in [1.165, 1.54) is 13.2 Å². The van der Waals surface area contributed by atoms with Crippen LogP contribution in [0.1, 0.15) is 10.4 Å². The van der Waals surface area contributed by atoms with Crippen molar-refractivity contribution >= 4 is 28.7 Å². The monoisotopic (exact) mass is 303 g/mol. The van der Waals surface area contributed by atoms with Crippen molar-refractivity contribution < 1.29 is 19.1 Å². The van der Waals surface area contributed by atoms with E-state index >= 15 is 0 Å². The highest BCUT2D eigenvalue weighted by Gasteiger charge is 2.19.